The molecule has 1 aromatic carbocycles. The summed E-state index contributed by atoms with van der Waals surface area (Å²) < 4.78 is 10.7. The minimum atomic E-state index is -1.09. The third-order valence-electron chi connectivity index (χ3n) is 2.51. The van der Waals surface area contributed by atoms with Crippen molar-refractivity contribution < 1.29 is 24.2 Å². The number of nitrogens with one attached hydrogen (secondary N) is 1. The summed E-state index contributed by atoms with van der Waals surface area (Å²) in [5.41, 5.74) is 0.311. The average Bonchev–Trinajstić information content (AvgIpc) is 2.38. The molecule has 0 saturated heterocycles. The summed E-state index contributed by atoms with van der Waals surface area (Å²) in [4.78, 5) is 22.6. The SMILES string of the molecule is COc1cc(C(=O)NC(C)C(=O)O)ccc1OC(C)C. The Hall–Kier alpha value is -2.24. The van der Waals surface area contributed by atoms with Crippen LogP contribution >= 0.6 is 0 Å². The molecule has 6 heteroatoms. The van der Waals surface area contributed by atoms with Gasteiger partial charge in [0.1, 0.15) is 6.04 Å². The quantitative estimate of drug-likeness (QED) is 0.828. The maximum atomic E-state index is 11.9. The summed E-state index contributed by atoms with van der Waals surface area (Å²) in [7, 11) is 1.48. The second-order valence-corrected chi connectivity index (χ2v) is 4.57. The van der Waals surface area contributed by atoms with Crippen LogP contribution < -0.4 is 14.8 Å². The number of carboxylic acids is 1. The van der Waals surface area contributed by atoms with Crippen LogP contribution in [-0.2, 0) is 4.79 Å². The molecule has 1 aromatic rings. The van der Waals surface area contributed by atoms with Crippen LogP contribution in [0, 0.1) is 0 Å². The first-order valence-corrected chi connectivity index (χ1v) is 6.23. The van der Waals surface area contributed by atoms with Crippen LogP contribution in [0.3, 0.4) is 0 Å². The number of carbonyl (C=O) groups is 2. The zero-order valence-corrected chi connectivity index (χ0v) is 12.0. The molecule has 1 atom stereocenters. The number of hydrogen-bond donors (Lipinski definition) is 2. The Balaban J connectivity index is 2.92. The number of hydrogen-bond acceptors (Lipinski definition) is 4. The van der Waals surface area contributed by atoms with Crippen molar-refractivity contribution >= 4 is 11.9 Å². The summed E-state index contributed by atoms with van der Waals surface area (Å²) in [5.74, 6) is -0.612. The number of rotatable bonds is 6. The van der Waals surface area contributed by atoms with Crippen LogP contribution in [0.4, 0.5) is 0 Å². The Bertz CT molecular complexity index is 498. The van der Waals surface area contributed by atoms with Gasteiger partial charge in [0.15, 0.2) is 11.5 Å². The lowest BCUT2D eigenvalue weighted by Crippen LogP contribution is -2.38. The molecule has 0 spiro atoms. The van der Waals surface area contributed by atoms with Gasteiger partial charge < -0.3 is 19.9 Å². The molecular formula is C14H19NO5. The predicted molar refractivity (Wildman–Crippen MR) is 73.3 cm³/mol. The Morgan fingerprint density at radius 2 is 1.85 bits per heavy atom. The summed E-state index contributed by atoms with van der Waals surface area (Å²) >= 11 is 0. The minimum Gasteiger partial charge on any atom is -0.493 e. The van der Waals surface area contributed by atoms with E-state index >= 15 is 0 Å². The van der Waals surface area contributed by atoms with Gasteiger partial charge in [-0.25, -0.2) is 0 Å². The zero-order chi connectivity index (χ0) is 15.3. The van der Waals surface area contributed by atoms with Crippen molar-refractivity contribution in [2.45, 2.75) is 32.9 Å². The Kier molecular flexibility index (Phi) is 5.37. The summed E-state index contributed by atoms with van der Waals surface area (Å²) in [6.07, 6.45) is -0.0180. The highest BCUT2D eigenvalue weighted by Crippen LogP contribution is 2.28. The molecule has 6 nitrogen and oxygen atoms in total. The van der Waals surface area contributed by atoms with Gasteiger partial charge in [-0.05, 0) is 39.0 Å². The second-order valence-electron chi connectivity index (χ2n) is 4.57. The Labute approximate surface area is 117 Å². The molecule has 0 fully saturated rings. The number of ether oxygens (including phenoxy) is 2. The van der Waals surface area contributed by atoms with Crippen molar-refractivity contribution in [3.8, 4) is 11.5 Å². The molecule has 0 saturated carbocycles. The monoisotopic (exact) mass is 281 g/mol. The predicted octanol–water partition coefficient (Wildman–Crippen LogP) is 1.69. The maximum absolute atomic E-state index is 11.9. The molecule has 1 rings (SSSR count). The molecule has 0 aromatic heterocycles. The number of carbonyl (C=O) groups excluding carboxylic acids is 1. The minimum absolute atomic E-state index is 0.0180. The number of methoxy groups -OCH3 is 1. The molecule has 0 aliphatic rings. The van der Waals surface area contributed by atoms with Gasteiger partial charge in [-0.1, -0.05) is 0 Å². The van der Waals surface area contributed by atoms with Gasteiger partial charge in [0.25, 0.3) is 5.91 Å². The van der Waals surface area contributed by atoms with Gasteiger partial charge in [0, 0.05) is 5.56 Å². The average molecular weight is 281 g/mol. The third kappa shape index (κ3) is 4.15. The first-order valence-electron chi connectivity index (χ1n) is 6.23. The van der Waals surface area contributed by atoms with Crippen LogP contribution in [0.5, 0.6) is 11.5 Å². The van der Waals surface area contributed by atoms with E-state index in [0.29, 0.717) is 17.1 Å². The van der Waals surface area contributed by atoms with Crippen LogP contribution in [0.1, 0.15) is 31.1 Å². The van der Waals surface area contributed by atoms with E-state index in [9.17, 15) is 9.59 Å². The van der Waals surface area contributed by atoms with E-state index in [1.807, 2.05) is 13.8 Å². The van der Waals surface area contributed by atoms with Crippen molar-refractivity contribution in [2.75, 3.05) is 7.11 Å². The highest BCUT2D eigenvalue weighted by Gasteiger charge is 2.17. The highest BCUT2D eigenvalue weighted by molar-refractivity contribution is 5.97. The van der Waals surface area contributed by atoms with Gasteiger partial charge in [0.05, 0.1) is 13.2 Å². The third-order valence-corrected chi connectivity index (χ3v) is 2.51. The van der Waals surface area contributed by atoms with E-state index in [1.54, 1.807) is 12.1 Å². The fraction of sp³-hybridized carbons (Fsp3) is 0.429. The molecule has 20 heavy (non-hydrogen) atoms. The Morgan fingerprint density at radius 1 is 1.20 bits per heavy atom. The largest absolute Gasteiger partial charge is 0.493 e. The van der Waals surface area contributed by atoms with Crippen LogP contribution in [0.2, 0.25) is 0 Å². The first-order chi connectivity index (χ1) is 9.35. The van der Waals surface area contributed by atoms with Gasteiger partial charge >= 0.3 is 5.97 Å². The second kappa shape index (κ2) is 6.79. The van der Waals surface area contributed by atoms with E-state index in [2.05, 4.69) is 5.32 Å². The normalized spacial score (nSPS) is 11.8. The van der Waals surface area contributed by atoms with Crippen molar-refractivity contribution in [3.63, 3.8) is 0 Å². The summed E-state index contributed by atoms with van der Waals surface area (Å²) in [6.45, 7) is 5.16. The molecule has 0 bridgehead atoms. The Morgan fingerprint density at radius 3 is 2.35 bits per heavy atom. The van der Waals surface area contributed by atoms with E-state index in [-0.39, 0.29) is 6.10 Å². The number of carboxylic acid groups (broad SMARTS) is 1. The molecular weight excluding hydrogens is 262 g/mol. The van der Waals surface area contributed by atoms with Gasteiger partial charge in [0.2, 0.25) is 0 Å². The molecule has 0 aliphatic carbocycles. The van der Waals surface area contributed by atoms with E-state index < -0.39 is 17.9 Å². The molecule has 1 amide bonds. The lowest BCUT2D eigenvalue weighted by Gasteiger charge is -2.15. The topological polar surface area (TPSA) is 84.9 Å². The molecule has 2 N–H and O–H groups in total. The smallest absolute Gasteiger partial charge is 0.325 e. The lowest BCUT2D eigenvalue weighted by molar-refractivity contribution is -0.138. The lowest BCUT2D eigenvalue weighted by atomic mass is 10.1. The standard InChI is InChI=1S/C14H19NO5/c1-8(2)20-11-6-5-10(7-12(11)19-4)13(16)15-9(3)14(17)18/h5-9H,1-4H3,(H,15,16)(H,17,18). The fourth-order valence-corrected chi connectivity index (χ4v) is 1.50. The highest BCUT2D eigenvalue weighted by atomic mass is 16.5. The van der Waals surface area contributed by atoms with Crippen LogP contribution in [-0.4, -0.2) is 36.2 Å². The van der Waals surface area contributed by atoms with Crippen molar-refractivity contribution in [1.29, 1.82) is 0 Å². The van der Waals surface area contributed by atoms with E-state index in [4.69, 9.17) is 14.6 Å². The van der Waals surface area contributed by atoms with Crippen molar-refractivity contribution in [2.24, 2.45) is 0 Å². The molecule has 1 unspecified atom stereocenters. The zero-order valence-electron chi connectivity index (χ0n) is 12.0. The summed E-state index contributed by atoms with van der Waals surface area (Å²) in [5, 5.41) is 11.1. The van der Waals surface area contributed by atoms with Crippen LogP contribution in [0.25, 0.3) is 0 Å². The van der Waals surface area contributed by atoms with Crippen molar-refractivity contribution in [1.82, 2.24) is 5.32 Å². The first kappa shape index (κ1) is 15.8. The fourth-order valence-electron chi connectivity index (χ4n) is 1.50. The van der Waals surface area contributed by atoms with Gasteiger partial charge in [-0.2, -0.15) is 0 Å². The van der Waals surface area contributed by atoms with E-state index in [0.717, 1.165) is 0 Å². The van der Waals surface area contributed by atoms with E-state index in [1.165, 1.54) is 20.1 Å². The molecule has 0 radical (unpaired) electrons. The number of aliphatic carboxylic acids is 1. The molecule has 110 valence electrons. The van der Waals surface area contributed by atoms with Gasteiger partial charge in [-0.3, -0.25) is 9.59 Å². The van der Waals surface area contributed by atoms with Gasteiger partial charge in [-0.15, -0.1) is 0 Å². The van der Waals surface area contributed by atoms with Crippen LogP contribution in [0.15, 0.2) is 18.2 Å². The van der Waals surface area contributed by atoms with Crippen molar-refractivity contribution in [3.05, 3.63) is 23.8 Å². The number of amides is 1. The summed E-state index contributed by atoms with van der Waals surface area (Å²) in [6, 6.07) is 3.74. The maximum Gasteiger partial charge on any atom is 0.325 e. The molecule has 0 aliphatic heterocycles. The number of benzene rings is 1. The molecule has 0 heterocycles.